The van der Waals surface area contributed by atoms with E-state index in [9.17, 15) is 14.4 Å². The minimum Gasteiger partial charge on any atom is -0.366 e. The van der Waals surface area contributed by atoms with Gasteiger partial charge in [-0.25, -0.2) is 0 Å². The first-order valence-electron chi connectivity index (χ1n) is 9.02. The van der Waals surface area contributed by atoms with E-state index in [2.05, 4.69) is 5.32 Å². The zero-order valence-electron chi connectivity index (χ0n) is 15.1. The highest BCUT2D eigenvalue weighted by Gasteiger charge is 2.36. The van der Waals surface area contributed by atoms with Crippen LogP contribution in [-0.4, -0.2) is 24.3 Å². The summed E-state index contributed by atoms with van der Waals surface area (Å²) in [5.74, 6) is -1.52. The van der Waals surface area contributed by atoms with Crippen molar-refractivity contribution in [1.29, 1.82) is 0 Å². The molecule has 140 valence electrons. The summed E-state index contributed by atoms with van der Waals surface area (Å²) in [6, 6.07) is 20.2. The first kappa shape index (κ1) is 17.7. The molecule has 3 aromatic rings. The van der Waals surface area contributed by atoms with Crippen molar-refractivity contribution in [1.82, 2.24) is 0 Å². The standard InChI is InChI=1S/C22H19N3O3/c23-21(27)17-9-3-4-10-18(17)24-22(28)15-12-20(26)25(13-15)19-11-5-7-14-6-1-2-8-16(14)19/h1-11,15H,12-13H2,(H2,23,27)(H,24,28). The summed E-state index contributed by atoms with van der Waals surface area (Å²) < 4.78 is 0. The summed E-state index contributed by atoms with van der Waals surface area (Å²) >= 11 is 0. The molecule has 0 spiro atoms. The van der Waals surface area contributed by atoms with Crippen molar-refractivity contribution < 1.29 is 14.4 Å². The average molecular weight is 373 g/mol. The first-order chi connectivity index (χ1) is 13.5. The van der Waals surface area contributed by atoms with Crippen LogP contribution < -0.4 is 16.0 Å². The Hall–Kier alpha value is -3.67. The summed E-state index contributed by atoms with van der Waals surface area (Å²) in [5, 5.41) is 4.75. The van der Waals surface area contributed by atoms with Gasteiger partial charge in [0.15, 0.2) is 0 Å². The second kappa shape index (κ2) is 7.15. The lowest BCUT2D eigenvalue weighted by molar-refractivity contribution is -0.122. The van der Waals surface area contributed by atoms with E-state index >= 15 is 0 Å². The Bertz CT molecular complexity index is 1090. The SMILES string of the molecule is NC(=O)c1ccccc1NC(=O)C1CC(=O)N(c2cccc3ccccc23)C1. The van der Waals surface area contributed by atoms with Crippen LogP contribution in [-0.2, 0) is 9.59 Å². The van der Waals surface area contributed by atoms with Crippen LogP contribution in [0, 0.1) is 5.92 Å². The van der Waals surface area contributed by atoms with E-state index in [1.165, 1.54) is 0 Å². The van der Waals surface area contributed by atoms with Gasteiger partial charge in [0.25, 0.3) is 5.91 Å². The van der Waals surface area contributed by atoms with Crippen LogP contribution in [0.4, 0.5) is 11.4 Å². The van der Waals surface area contributed by atoms with E-state index in [1.807, 2.05) is 42.5 Å². The molecular formula is C22H19N3O3. The van der Waals surface area contributed by atoms with Gasteiger partial charge in [-0.1, -0.05) is 48.5 Å². The Morgan fingerprint density at radius 2 is 1.68 bits per heavy atom. The van der Waals surface area contributed by atoms with Gasteiger partial charge in [0.1, 0.15) is 0 Å². The fraction of sp³-hybridized carbons (Fsp3) is 0.136. The molecule has 3 N–H and O–H groups in total. The van der Waals surface area contributed by atoms with Gasteiger partial charge in [-0.15, -0.1) is 0 Å². The lowest BCUT2D eigenvalue weighted by atomic mass is 10.1. The summed E-state index contributed by atoms with van der Waals surface area (Å²) in [4.78, 5) is 38.6. The lowest BCUT2D eigenvalue weighted by Crippen LogP contribution is -2.29. The maximum atomic E-state index is 12.7. The number of nitrogens with one attached hydrogen (secondary N) is 1. The van der Waals surface area contributed by atoms with E-state index in [1.54, 1.807) is 29.2 Å². The number of carbonyl (C=O) groups excluding carboxylic acids is 3. The van der Waals surface area contributed by atoms with Crippen molar-refractivity contribution in [2.45, 2.75) is 6.42 Å². The quantitative estimate of drug-likeness (QED) is 0.736. The van der Waals surface area contributed by atoms with Gasteiger partial charge >= 0.3 is 0 Å². The molecule has 1 aliphatic heterocycles. The number of rotatable bonds is 4. The zero-order chi connectivity index (χ0) is 19.7. The molecule has 0 aliphatic carbocycles. The Labute approximate surface area is 161 Å². The Morgan fingerprint density at radius 1 is 0.964 bits per heavy atom. The van der Waals surface area contributed by atoms with Crippen LogP contribution in [0.5, 0.6) is 0 Å². The van der Waals surface area contributed by atoms with Crippen LogP contribution in [0.15, 0.2) is 66.7 Å². The second-order valence-electron chi connectivity index (χ2n) is 6.80. The predicted octanol–water partition coefficient (Wildman–Crippen LogP) is 2.93. The number of amides is 3. The molecule has 0 saturated carbocycles. The Morgan fingerprint density at radius 3 is 2.50 bits per heavy atom. The molecule has 1 aliphatic rings. The van der Waals surface area contributed by atoms with Gasteiger partial charge < -0.3 is 16.0 Å². The van der Waals surface area contributed by atoms with Gasteiger partial charge in [-0.05, 0) is 23.6 Å². The number of nitrogens with two attached hydrogens (primary N) is 1. The van der Waals surface area contributed by atoms with Crippen molar-refractivity contribution in [3.05, 3.63) is 72.3 Å². The van der Waals surface area contributed by atoms with Crippen LogP contribution >= 0.6 is 0 Å². The molecular weight excluding hydrogens is 354 g/mol. The molecule has 6 heteroatoms. The minimum atomic E-state index is -0.615. The first-order valence-corrected chi connectivity index (χ1v) is 9.02. The number of nitrogens with zero attached hydrogens (tertiary/aromatic N) is 1. The van der Waals surface area contributed by atoms with Crippen LogP contribution in [0.3, 0.4) is 0 Å². The molecule has 0 aromatic heterocycles. The average Bonchev–Trinajstić information content (AvgIpc) is 3.09. The van der Waals surface area contributed by atoms with Crippen molar-refractivity contribution in [2.24, 2.45) is 11.7 Å². The van der Waals surface area contributed by atoms with Crippen LogP contribution in [0.2, 0.25) is 0 Å². The molecule has 28 heavy (non-hydrogen) atoms. The molecule has 1 fully saturated rings. The summed E-state index contributed by atoms with van der Waals surface area (Å²) in [5.41, 5.74) is 6.77. The fourth-order valence-corrected chi connectivity index (χ4v) is 3.60. The van der Waals surface area contributed by atoms with Gasteiger partial charge in [0, 0.05) is 18.4 Å². The molecule has 6 nitrogen and oxygen atoms in total. The molecule has 0 bridgehead atoms. The maximum absolute atomic E-state index is 12.7. The van der Waals surface area contributed by atoms with E-state index < -0.39 is 11.8 Å². The molecule has 4 rings (SSSR count). The number of benzene rings is 3. The summed E-state index contributed by atoms with van der Waals surface area (Å²) in [6.07, 6.45) is 0.119. The monoisotopic (exact) mass is 373 g/mol. The van der Waals surface area contributed by atoms with Crippen molar-refractivity contribution in [2.75, 3.05) is 16.8 Å². The predicted molar refractivity (Wildman–Crippen MR) is 108 cm³/mol. The van der Waals surface area contributed by atoms with Gasteiger partial charge in [-0.3, -0.25) is 14.4 Å². The Kier molecular flexibility index (Phi) is 4.53. The number of carbonyl (C=O) groups is 3. The number of fused-ring (bicyclic) bond motifs is 1. The maximum Gasteiger partial charge on any atom is 0.250 e. The highest BCUT2D eigenvalue weighted by molar-refractivity contribution is 6.09. The summed E-state index contributed by atoms with van der Waals surface area (Å²) in [7, 11) is 0. The smallest absolute Gasteiger partial charge is 0.250 e. The zero-order valence-corrected chi connectivity index (χ0v) is 15.1. The van der Waals surface area contributed by atoms with E-state index in [-0.39, 0.29) is 30.3 Å². The van der Waals surface area contributed by atoms with Crippen molar-refractivity contribution in [3.63, 3.8) is 0 Å². The molecule has 3 amide bonds. The lowest BCUT2D eigenvalue weighted by Gasteiger charge is -2.19. The van der Waals surface area contributed by atoms with Crippen LogP contribution in [0.1, 0.15) is 16.8 Å². The molecule has 1 heterocycles. The summed E-state index contributed by atoms with van der Waals surface area (Å²) in [6.45, 7) is 0.289. The van der Waals surface area contributed by atoms with E-state index in [0.29, 0.717) is 5.69 Å². The number of hydrogen-bond donors (Lipinski definition) is 2. The highest BCUT2D eigenvalue weighted by atomic mass is 16.2. The van der Waals surface area contributed by atoms with Gasteiger partial charge in [0.2, 0.25) is 11.8 Å². The molecule has 1 atom stereocenters. The number of primary amides is 1. The minimum absolute atomic E-state index is 0.0975. The second-order valence-corrected chi connectivity index (χ2v) is 6.80. The Balaban J connectivity index is 1.57. The van der Waals surface area contributed by atoms with Gasteiger partial charge in [0.05, 0.1) is 22.9 Å². The van der Waals surface area contributed by atoms with Crippen LogP contribution in [0.25, 0.3) is 10.8 Å². The molecule has 0 radical (unpaired) electrons. The van der Waals surface area contributed by atoms with Gasteiger partial charge in [-0.2, -0.15) is 0 Å². The normalized spacial score (nSPS) is 16.4. The molecule has 3 aromatic carbocycles. The third kappa shape index (κ3) is 3.20. The third-order valence-electron chi connectivity index (χ3n) is 5.00. The third-order valence-corrected chi connectivity index (χ3v) is 5.00. The number of anilines is 2. The van der Waals surface area contributed by atoms with E-state index in [4.69, 9.17) is 5.73 Å². The topological polar surface area (TPSA) is 92.5 Å². The largest absolute Gasteiger partial charge is 0.366 e. The van der Waals surface area contributed by atoms with Crippen molar-refractivity contribution in [3.8, 4) is 0 Å². The number of para-hydroxylation sites is 1. The van der Waals surface area contributed by atoms with E-state index in [0.717, 1.165) is 16.5 Å². The number of hydrogen-bond acceptors (Lipinski definition) is 3. The molecule has 1 unspecified atom stereocenters. The molecule has 1 saturated heterocycles. The fourth-order valence-electron chi connectivity index (χ4n) is 3.60. The van der Waals surface area contributed by atoms with Crippen molar-refractivity contribution >= 4 is 39.9 Å². The highest BCUT2D eigenvalue weighted by Crippen LogP contribution is 2.32.